The maximum atomic E-state index is 6.36. The molecule has 0 saturated carbocycles. The Balaban J connectivity index is 2.09. The monoisotopic (exact) mass is 255 g/mol. The molecule has 0 radical (unpaired) electrons. The molecule has 1 atom stereocenters. The van der Waals surface area contributed by atoms with Gasteiger partial charge in [-0.2, -0.15) is 11.8 Å². The number of nitrogens with one attached hydrogen (secondary N) is 1. The Hall–Kier alpha value is -0.180. The van der Waals surface area contributed by atoms with Gasteiger partial charge in [0.1, 0.15) is 0 Å². The van der Waals surface area contributed by atoms with Gasteiger partial charge in [-0.3, -0.25) is 0 Å². The molecular formula is C13H18ClNS. The Labute approximate surface area is 107 Å². The number of rotatable bonds is 4. The largest absolute Gasteiger partial charge is 0.319 e. The van der Waals surface area contributed by atoms with Crippen molar-refractivity contribution < 1.29 is 0 Å². The fourth-order valence-corrected chi connectivity index (χ4v) is 3.71. The third kappa shape index (κ3) is 2.93. The van der Waals surface area contributed by atoms with Crippen molar-refractivity contribution in [2.45, 2.75) is 18.8 Å². The molecule has 0 amide bonds. The van der Waals surface area contributed by atoms with E-state index in [0.29, 0.717) is 5.92 Å². The minimum atomic E-state index is 0.677. The minimum absolute atomic E-state index is 0.677. The highest BCUT2D eigenvalue weighted by Gasteiger charge is 2.19. The van der Waals surface area contributed by atoms with Crippen LogP contribution in [-0.4, -0.2) is 25.1 Å². The lowest BCUT2D eigenvalue weighted by atomic mass is 9.97. The molecule has 1 N–H and O–H groups in total. The molecule has 0 spiro atoms. The fraction of sp³-hybridized carbons (Fsp3) is 0.538. The van der Waals surface area contributed by atoms with Crippen LogP contribution in [0, 0.1) is 0 Å². The average Bonchev–Trinajstić information content (AvgIpc) is 2.80. The van der Waals surface area contributed by atoms with Crippen molar-refractivity contribution in [3.8, 4) is 0 Å². The van der Waals surface area contributed by atoms with Gasteiger partial charge in [-0.05, 0) is 55.3 Å². The molecule has 2 rings (SSSR count). The highest BCUT2D eigenvalue weighted by Crippen LogP contribution is 2.36. The molecule has 1 aliphatic heterocycles. The van der Waals surface area contributed by atoms with Gasteiger partial charge < -0.3 is 5.32 Å². The normalized spacial score (nSPS) is 20.2. The predicted molar refractivity (Wildman–Crippen MR) is 73.8 cm³/mol. The molecule has 16 heavy (non-hydrogen) atoms. The summed E-state index contributed by atoms with van der Waals surface area (Å²) >= 11 is 8.39. The molecule has 0 aromatic heterocycles. The van der Waals surface area contributed by atoms with Crippen molar-refractivity contribution >= 4 is 23.4 Å². The first-order valence-electron chi connectivity index (χ1n) is 5.82. The van der Waals surface area contributed by atoms with Crippen LogP contribution in [0.1, 0.15) is 23.5 Å². The maximum absolute atomic E-state index is 6.36. The van der Waals surface area contributed by atoms with E-state index in [0.717, 1.165) is 18.0 Å². The quantitative estimate of drug-likeness (QED) is 0.886. The van der Waals surface area contributed by atoms with E-state index in [1.54, 1.807) is 0 Å². The van der Waals surface area contributed by atoms with Crippen LogP contribution >= 0.6 is 23.4 Å². The van der Waals surface area contributed by atoms with Crippen molar-refractivity contribution in [3.63, 3.8) is 0 Å². The maximum Gasteiger partial charge on any atom is 0.0443 e. The number of hydrogen-bond donors (Lipinski definition) is 1. The number of halogens is 1. The van der Waals surface area contributed by atoms with Gasteiger partial charge in [0, 0.05) is 10.8 Å². The molecular weight excluding hydrogens is 238 g/mol. The summed E-state index contributed by atoms with van der Waals surface area (Å²) in [5, 5.41) is 4.12. The predicted octanol–water partition coefficient (Wildman–Crippen LogP) is 3.32. The standard InChI is InChI=1S/C13H18ClNS/c1-15-6-4-10-2-3-12(13(14)8-10)11-5-7-16-9-11/h2-3,8,11,15H,4-7,9H2,1H3. The van der Waals surface area contributed by atoms with E-state index >= 15 is 0 Å². The van der Waals surface area contributed by atoms with Gasteiger partial charge in [0.05, 0.1) is 0 Å². The first-order valence-corrected chi connectivity index (χ1v) is 7.35. The van der Waals surface area contributed by atoms with Crippen molar-refractivity contribution in [1.82, 2.24) is 5.32 Å². The van der Waals surface area contributed by atoms with Crippen LogP contribution in [0.3, 0.4) is 0 Å². The van der Waals surface area contributed by atoms with Crippen LogP contribution < -0.4 is 5.32 Å². The first kappa shape index (κ1) is 12.3. The van der Waals surface area contributed by atoms with E-state index in [2.05, 4.69) is 23.5 Å². The highest BCUT2D eigenvalue weighted by molar-refractivity contribution is 7.99. The number of hydrogen-bond acceptors (Lipinski definition) is 2. The van der Waals surface area contributed by atoms with Crippen LogP contribution in [0.5, 0.6) is 0 Å². The summed E-state index contributed by atoms with van der Waals surface area (Å²) in [6.07, 6.45) is 2.33. The Morgan fingerprint density at radius 2 is 2.38 bits per heavy atom. The van der Waals surface area contributed by atoms with Crippen LogP contribution in [0.15, 0.2) is 18.2 Å². The molecule has 88 valence electrons. The van der Waals surface area contributed by atoms with Crippen molar-refractivity contribution in [2.24, 2.45) is 0 Å². The van der Waals surface area contributed by atoms with Gasteiger partial charge in [0.2, 0.25) is 0 Å². The lowest BCUT2D eigenvalue weighted by Crippen LogP contribution is -2.10. The zero-order valence-corrected chi connectivity index (χ0v) is 11.2. The van der Waals surface area contributed by atoms with Crippen molar-refractivity contribution in [3.05, 3.63) is 34.3 Å². The van der Waals surface area contributed by atoms with E-state index in [1.165, 1.54) is 29.1 Å². The third-order valence-corrected chi connectivity index (χ3v) is 4.59. The van der Waals surface area contributed by atoms with Crippen LogP contribution in [0.4, 0.5) is 0 Å². The molecule has 0 aliphatic carbocycles. The lowest BCUT2D eigenvalue weighted by molar-refractivity contribution is 0.775. The zero-order valence-electron chi connectivity index (χ0n) is 9.63. The molecule has 1 aliphatic rings. The van der Waals surface area contributed by atoms with Crippen LogP contribution in [-0.2, 0) is 6.42 Å². The summed E-state index contributed by atoms with van der Waals surface area (Å²) in [5.74, 6) is 3.19. The summed E-state index contributed by atoms with van der Waals surface area (Å²) in [7, 11) is 1.98. The SMILES string of the molecule is CNCCc1ccc(C2CCSC2)c(Cl)c1. The molecule has 1 nitrogen and oxygen atoms in total. The smallest absolute Gasteiger partial charge is 0.0443 e. The third-order valence-electron chi connectivity index (χ3n) is 3.10. The summed E-state index contributed by atoms with van der Waals surface area (Å²) < 4.78 is 0. The van der Waals surface area contributed by atoms with Gasteiger partial charge >= 0.3 is 0 Å². The Kier molecular flexibility index (Phi) is 4.56. The average molecular weight is 256 g/mol. The molecule has 1 aromatic rings. The highest BCUT2D eigenvalue weighted by atomic mass is 35.5. The van der Waals surface area contributed by atoms with E-state index in [9.17, 15) is 0 Å². The second-order valence-electron chi connectivity index (χ2n) is 4.27. The lowest BCUT2D eigenvalue weighted by Gasteiger charge is -2.12. The van der Waals surface area contributed by atoms with Crippen molar-refractivity contribution in [1.29, 1.82) is 0 Å². The molecule has 3 heteroatoms. The molecule has 1 unspecified atom stereocenters. The zero-order chi connectivity index (χ0) is 11.4. The Bertz CT molecular complexity index is 348. The molecule has 1 fully saturated rings. The van der Waals surface area contributed by atoms with Crippen molar-refractivity contribution in [2.75, 3.05) is 25.1 Å². The fourth-order valence-electron chi connectivity index (χ4n) is 2.11. The second kappa shape index (κ2) is 5.95. The summed E-state index contributed by atoms with van der Waals surface area (Å²) in [5.41, 5.74) is 2.67. The molecule has 0 bridgehead atoms. The van der Waals surface area contributed by atoms with Gasteiger partial charge in [-0.15, -0.1) is 0 Å². The summed E-state index contributed by atoms with van der Waals surface area (Å²) in [4.78, 5) is 0. The molecule has 1 saturated heterocycles. The van der Waals surface area contributed by atoms with Crippen LogP contribution in [0.25, 0.3) is 0 Å². The van der Waals surface area contributed by atoms with Gasteiger partial charge in [0.25, 0.3) is 0 Å². The van der Waals surface area contributed by atoms with E-state index < -0.39 is 0 Å². The topological polar surface area (TPSA) is 12.0 Å². The van der Waals surface area contributed by atoms with E-state index in [1.807, 2.05) is 18.8 Å². The Morgan fingerprint density at radius 3 is 3.00 bits per heavy atom. The molecule has 1 heterocycles. The van der Waals surface area contributed by atoms with Gasteiger partial charge in [-0.25, -0.2) is 0 Å². The van der Waals surface area contributed by atoms with E-state index in [4.69, 9.17) is 11.6 Å². The summed E-state index contributed by atoms with van der Waals surface area (Å²) in [6, 6.07) is 6.59. The van der Waals surface area contributed by atoms with Gasteiger partial charge in [-0.1, -0.05) is 23.7 Å². The molecule has 1 aromatic carbocycles. The summed E-state index contributed by atoms with van der Waals surface area (Å²) in [6.45, 7) is 1.01. The first-order chi connectivity index (χ1) is 7.81. The van der Waals surface area contributed by atoms with Gasteiger partial charge in [0.15, 0.2) is 0 Å². The Morgan fingerprint density at radius 1 is 1.50 bits per heavy atom. The van der Waals surface area contributed by atoms with Crippen LogP contribution in [0.2, 0.25) is 5.02 Å². The van der Waals surface area contributed by atoms with E-state index in [-0.39, 0.29) is 0 Å². The number of likely N-dealkylation sites (N-methyl/N-ethyl adjacent to an activating group) is 1. The number of thioether (sulfide) groups is 1. The number of benzene rings is 1. The second-order valence-corrected chi connectivity index (χ2v) is 5.83. The minimum Gasteiger partial charge on any atom is -0.319 e.